The first kappa shape index (κ1) is 10.1. The van der Waals surface area contributed by atoms with E-state index in [9.17, 15) is 5.11 Å². The molecule has 1 aliphatic heterocycles. The van der Waals surface area contributed by atoms with Gasteiger partial charge in [0.2, 0.25) is 0 Å². The highest BCUT2D eigenvalue weighted by Gasteiger charge is 2.33. The normalized spacial score (nSPS) is 23.1. The summed E-state index contributed by atoms with van der Waals surface area (Å²) >= 11 is 1.69. The molecule has 3 nitrogen and oxygen atoms in total. The number of hydrogen-bond acceptors (Lipinski definition) is 4. The SMILES string of the molecule is CC(N)C(c1ccsc1)N1CC(O)C1. The van der Waals surface area contributed by atoms with E-state index < -0.39 is 0 Å². The second-order valence-corrected chi connectivity index (χ2v) is 4.75. The van der Waals surface area contributed by atoms with Crippen molar-refractivity contribution in [3.8, 4) is 0 Å². The minimum Gasteiger partial charge on any atom is -0.390 e. The highest BCUT2D eigenvalue weighted by Crippen LogP contribution is 2.29. The minimum atomic E-state index is -0.158. The first-order valence-electron chi connectivity index (χ1n) is 4.88. The zero-order valence-corrected chi connectivity index (χ0v) is 9.07. The predicted octanol–water partition coefficient (Wildman–Crippen LogP) is 0.813. The van der Waals surface area contributed by atoms with E-state index >= 15 is 0 Å². The number of nitrogens with zero attached hydrogens (tertiary/aromatic N) is 1. The predicted molar refractivity (Wildman–Crippen MR) is 58.3 cm³/mol. The van der Waals surface area contributed by atoms with Gasteiger partial charge < -0.3 is 10.8 Å². The second kappa shape index (κ2) is 3.98. The van der Waals surface area contributed by atoms with E-state index in [1.165, 1.54) is 5.56 Å². The molecule has 3 N–H and O–H groups in total. The third-order valence-corrected chi connectivity index (χ3v) is 3.37. The molecule has 2 rings (SSSR count). The molecular formula is C10H16N2OS. The molecule has 0 aliphatic carbocycles. The Balaban J connectivity index is 2.09. The van der Waals surface area contributed by atoms with Crippen LogP contribution in [0.4, 0.5) is 0 Å². The van der Waals surface area contributed by atoms with Crippen molar-refractivity contribution in [2.75, 3.05) is 13.1 Å². The maximum absolute atomic E-state index is 9.27. The van der Waals surface area contributed by atoms with Gasteiger partial charge in [0, 0.05) is 19.1 Å². The molecule has 2 atom stereocenters. The molecule has 0 radical (unpaired) electrons. The number of likely N-dealkylation sites (tertiary alicyclic amines) is 1. The van der Waals surface area contributed by atoms with Crippen molar-refractivity contribution >= 4 is 11.3 Å². The van der Waals surface area contributed by atoms with Gasteiger partial charge in [-0.25, -0.2) is 0 Å². The van der Waals surface area contributed by atoms with Crippen LogP contribution in [0.1, 0.15) is 18.5 Å². The monoisotopic (exact) mass is 212 g/mol. The largest absolute Gasteiger partial charge is 0.390 e. The van der Waals surface area contributed by atoms with Crippen molar-refractivity contribution in [2.45, 2.75) is 25.1 Å². The van der Waals surface area contributed by atoms with Crippen LogP contribution in [0.25, 0.3) is 0 Å². The first-order valence-corrected chi connectivity index (χ1v) is 5.82. The molecule has 0 amide bonds. The Morgan fingerprint density at radius 1 is 1.64 bits per heavy atom. The summed E-state index contributed by atoms with van der Waals surface area (Å²) in [5.74, 6) is 0. The smallest absolute Gasteiger partial charge is 0.0794 e. The van der Waals surface area contributed by atoms with Gasteiger partial charge in [-0.3, -0.25) is 4.90 Å². The molecule has 1 fully saturated rings. The van der Waals surface area contributed by atoms with Gasteiger partial charge in [0.25, 0.3) is 0 Å². The molecule has 4 heteroatoms. The molecule has 78 valence electrons. The Morgan fingerprint density at radius 3 is 2.79 bits per heavy atom. The Kier molecular flexibility index (Phi) is 2.88. The molecule has 0 aromatic carbocycles. The number of thiophene rings is 1. The number of nitrogens with two attached hydrogens (primary N) is 1. The quantitative estimate of drug-likeness (QED) is 0.779. The minimum absolute atomic E-state index is 0.108. The van der Waals surface area contributed by atoms with Crippen LogP contribution in [0.15, 0.2) is 16.8 Å². The molecule has 14 heavy (non-hydrogen) atoms. The molecule has 0 bridgehead atoms. The molecule has 2 heterocycles. The number of aliphatic hydroxyl groups excluding tert-OH is 1. The highest BCUT2D eigenvalue weighted by atomic mass is 32.1. The topological polar surface area (TPSA) is 49.5 Å². The van der Waals surface area contributed by atoms with Gasteiger partial charge in [-0.2, -0.15) is 11.3 Å². The summed E-state index contributed by atoms with van der Waals surface area (Å²) in [4.78, 5) is 2.23. The third-order valence-electron chi connectivity index (χ3n) is 2.67. The Labute approximate surface area is 88.1 Å². The van der Waals surface area contributed by atoms with Crippen LogP contribution >= 0.6 is 11.3 Å². The second-order valence-electron chi connectivity index (χ2n) is 3.97. The molecule has 1 aliphatic rings. The molecule has 0 saturated carbocycles. The first-order chi connectivity index (χ1) is 6.68. The Hall–Kier alpha value is -0.420. The summed E-state index contributed by atoms with van der Waals surface area (Å²) < 4.78 is 0. The summed E-state index contributed by atoms with van der Waals surface area (Å²) in [5, 5.41) is 13.5. The van der Waals surface area contributed by atoms with Crippen LogP contribution in [-0.2, 0) is 0 Å². The number of rotatable bonds is 3. The third kappa shape index (κ3) is 1.83. The fourth-order valence-corrected chi connectivity index (χ4v) is 2.69. The molecule has 1 aromatic heterocycles. The molecule has 2 unspecified atom stereocenters. The van der Waals surface area contributed by atoms with Gasteiger partial charge in [0.05, 0.1) is 12.1 Å². The van der Waals surface area contributed by atoms with Crippen molar-refractivity contribution in [3.63, 3.8) is 0 Å². The fraction of sp³-hybridized carbons (Fsp3) is 0.600. The molecular weight excluding hydrogens is 196 g/mol. The average Bonchev–Trinajstić information content (AvgIpc) is 2.54. The summed E-state index contributed by atoms with van der Waals surface area (Å²) in [7, 11) is 0. The maximum atomic E-state index is 9.27. The summed E-state index contributed by atoms with van der Waals surface area (Å²) in [6, 6.07) is 2.49. The van der Waals surface area contributed by atoms with Gasteiger partial charge in [-0.1, -0.05) is 0 Å². The van der Waals surface area contributed by atoms with Crippen LogP contribution in [-0.4, -0.2) is 35.2 Å². The number of hydrogen-bond donors (Lipinski definition) is 2. The van der Waals surface area contributed by atoms with Crippen molar-refractivity contribution in [3.05, 3.63) is 22.4 Å². The molecule has 1 aromatic rings. The van der Waals surface area contributed by atoms with E-state index in [0.29, 0.717) is 0 Å². The summed E-state index contributed by atoms with van der Waals surface area (Å²) in [5.41, 5.74) is 7.24. The van der Waals surface area contributed by atoms with E-state index in [0.717, 1.165) is 13.1 Å². The van der Waals surface area contributed by atoms with E-state index in [-0.39, 0.29) is 18.2 Å². The number of aliphatic hydroxyl groups is 1. The van der Waals surface area contributed by atoms with Crippen molar-refractivity contribution in [2.24, 2.45) is 5.73 Å². The van der Waals surface area contributed by atoms with Crippen LogP contribution in [0.3, 0.4) is 0 Å². The Morgan fingerprint density at radius 2 is 2.36 bits per heavy atom. The summed E-state index contributed by atoms with van der Waals surface area (Å²) in [6.07, 6.45) is -0.158. The van der Waals surface area contributed by atoms with Crippen molar-refractivity contribution in [1.82, 2.24) is 4.90 Å². The lowest BCUT2D eigenvalue weighted by Gasteiger charge is -2.43. The zero-order valence-electron chi connectivity index (χ0n) is 8.26. The lowest BCUT2D eigenvalue weighted by atomic mass is 9.98. The number of β-amino-alcohol motifs (C(OH)–C–C–N with tert-alkyl or cyclic N) is 1. The van der Waals surface area contributed by atoms with Gasteiger partial charge >= 0.3 is 0 Å². The zero-order chi connectivity index (χ0) is 10.1. The van der Waals surface area contributed by atoms with E-state index in [1.54, 1.807) is 11.3 Å². The van der Waals surface area contributed by atoms with Gasteiger partial charge in [-0.15, -0.1) is 0 Å². The van der Waals surface area contributed by atoms with Gasteiger partial charge in [0.1, 0.15) is 0 Å². The lowest BCUT2D eigenvalue weighted by Crippen LogP contribution is -2.55. The maximum Gasteiger partial charge on any atom is 0.0794 e. The van der Waals surface area contributed by atoms with Crippen LogP contribution in [0.5, 0.6) is 0 Å². The standard InChI is InChI=1S/C10H16N2OS/c1-7(11)10(8-2-3-14-6-8)12-4-9(13)5-12/h2-3,6-7,9-10,13H,4-5,11H2,1H3. The highest BCUT2D eigenvalue weighted by molar-refractivity contribution is 7.07. The molecule has 1 saturated heterocycles. The van der Waals surface area contributed by atoms with Gasteiger partial charge in [-0.05, 0) is 29.3 Å². The Bertz CT molecular complexity index is 280. The summed E-state index contributed by atoms with van der Waals surface area (Å²) in [6.45, 7) is 3.52. The van der Waals surface area contributed by atoms with Gasteiger partial charge in [0.15, 0.2) is 0 Å². The van der Waals surface area contributed by atoms with E-state index in [4.69, 9.17) is 5.73 Å². The lowest BCUT2D eigenvalue weighted by molar-refractivity contribution is -0.0303. The van der Waals surface area contributed by atoms with Crippen molar-refractivity contribution in [1.29, 1.82) is 0 Å². The van der Waals surface area contributed by atoms with E-state index in [1.807, 2.05) is 6.92 Å². The van der Waals surface area contributed by atoms with Crippen LogP contribution < -0.4 is 5.73 Å². The molecule has 0 spiro atoms. The van der Waals surface area contributed by atoms with Crippen molar-refractivity contribution < 1.29 is 5.11 Å². The van der Waals surface area contributed by atoms with E-state index in [2.05, 4.69) is 21.7 Å². The van der Waals surface area contributed by atoms with Crippen LogP contribution in [0.2, 0.25) is 0 Å². The van der Waals surface area contributed by atoms with Crippen LogP contribution in [0, 0.1) is 0 Å². The fourth-order valence-electron chi connectivity index (χ4n) is 2.01. The average molecular weight is 212 g/mol.